The highest BCUT2D eigenvalue weighted by Gasteiger charge is 2.22. The Labute approximate surface area is 77.8 Å². The normalized spacial score (nSPS) is 12.3. The van der Waals surface area contributed by atoms with E-state index in [2.05, 4.69) is 26.5 Å². The van der Waals surface area contributed by atoms with E-state index < -0.39 is 8.07 Å². The van der Waals surface area contributed by atoms with Crippen molar-refractivity contribution in [2.24, 2.45) is 0 Å². The summed E-state index contributed by atoms with van der Waals surface area (Å²) in [6.07, 6.45) is 1.92. The molecule has 0 aliphatic carbocycles. The summed E-state index contributed by atoms with van der Waals surface area (Å²) in [5, 5.41) is 0. The van der Waals surface area contributed by atoms with Crippen molar-refractivity contribution in [2.45, 2.75) is 45.8 Å². The van der Waals surface area contributed by atoms with Crippen LogP contribution in [0.25, 0.3) is 0 Å². The molecule has 0 fully saturated rings. The van der Waals surface area contributed by atoms with Gasteiger partial charge in [0.15, 0.2) is 0 Å². The zero-order valence-corrected chi connectivity index (χ0v) is 9.89. The molecular weight excluding hydrogens is 164 g/mol. The molecule has 0 heterocycles. The second-order valence-corrected chi connectivity index (χ2v) is 8.36. The molecule has 0 saturated heterocycles. The molecule has 0 saturated carbocycles. The van der Waals surface area contributed by atoms with E-state index in [9.17, 15) is 0 Å². The first kappa shape index (κ1) is 11.8. The predicted molar refractivity (Wildman–Crippen MR) is 58.0 cm³/mol. The second-order valence-electron chi connectivity index (χ2n) is 3.18. The van der Waals surface area contributed by atoms with E-state index in [1.54, 1.807) is 0 Å². The van der Waals surface area contributed by atoms with Crippen LogP contribution in [0, 0.1) is 0 Å². The van der Waals surface area contributed by atoms with Crippen molar-refractivity contribution in [2.75, 3.05) is 6.61 Å². The van der Waals surface area contributed by atoms with Gasteiger partial charge in [-0.05, 0) is 6.92 Å². The molecule has 0 amide bonds. The zero-order valence-electron chi connectivity index (χ0n) is 8.89. The molecular formula is C10H22OSi. The van der Waals surface area contributed by atoms with Gasteiger partial charge in [0, 0.05) is 0 Å². The fourth-order valence-corrected chi connectivity index (χ4v) is 3.98. The molecule has 0 radical (unpaired) electrons. The zero-order chi connectivity index (χ0) is 9.45. The lowest BCUT2D eigenvalue weighted by Crippen LogP contribution is -2.28. The molecule has 0 bridgehead atoms. The van der Waals surface area contributed by atoms with Gasteiger partial charge in [-0.15, -0.1) is 0 Å². The first-order valence-corrected chi connectivity index (χ1v) is 7.73. The standard InChI is InChI=1S/C10H22OSi/c1-5-11-9-10-12(6-2,7-3)8-4/h9-10H,5-8H2,1-4H3. The summed E-state index contributed by atoms with van der Waals surface area (Å²) in [5.41, 5.74) is 2.36. The first-order valence-electron chi connectivity index (χ1n) is 5.04. The van der Waals surface area contributed by atoms with Gasteiger partial charge >= 0.3 is 0 Å². The topological polar surface area (TPSA) is 9.23 Å². The van der Waals surface area contributed by atoms with Gasteiger partial charge in [0.1, 0.15) is 0 Å². The van der Waals surface area contributed by atoms with Crippen molar-refractivity contribution in [3.05, 3.63) is 12.0 Å². The van der Waals surface area contributed by atoms with Crippen LogP contribution in [0.2, 0.25) is 18.1 Å². The molecule has 12 heavy (non-hydrogen) atoms. The van der Waals surface area contributed by atoms with Crippen LogP contribution in [0.1, 0.15) is 27.7 Å². The Balaban J connectivity index is 4.09. The molecule has 72 valence electrons. The van der Waals surface area contributed by atoms with Crippen molar-refractivity contribution in [1.29, 1.82) is 0 Å². The highest BCUT2D eigenvalue weighted by atomic mass is 28.3. The molecule has 0 aliphatic rings. The van der Waals surface area contributed by atoms with Crippen LogP contribution in [0.15, 0.2) is 12.0 Å². The van der Waals surface area contributed by atoms with Crippen LogP contribution in [0.5, 0.6) is 0 Å². The monoisotopic (exact) mass is 186 g/mol. The minimum absolute atomic E-state index is 0.790. The van der Waals surface area contributed by atoms with E-state index in [1.807, 2.05) is 13.2 Å². The molecule has 1 nitrogen and oxygen atoms in total. The molecule has 2 heteroatoms. The van der Waals surface area contributed by atoms with Crippen LogP contribution in [0.3, 0.4) is 0 Å². The minimum atomic E-state index is -1.06. The van der Waals surface area contributed by atoms with Crippen LogP contribution >= 0.6 is 0 Å². The fraction of sp³-hybridized carbons (Fsp3) is 0.800. The van der Waals surface area contributed by atoms with Gasteiger partial charge in [-0.2, -0.15) is 0 Å². The summed E-state index contributed by atoms with van der Waals surface area (Å²) in [6.45, 7) is 9.72. The van der Waals surface area contributed by atoms with Crippen molar-refractivity contribution >= 4 is 8.07 Å². The Morgan fingerprint density at radius 2 is 1.50 bits per heavy atom. The summed E-state index contributed by atoms with van der Waals surface area (Å²) >= 11 is 0. The second kappa shape index (κ2) is 6.29. The van der Waals surface area contributed by atoms with Gasteiger partial charge in [0.2, 0.25) is 0 Å². The third-order valence-electron chi connectivity index (χ3n) is 2.80. The SMILES string of the molecule is CCOC=C[Si](CC)(CC)CC. The van der Waals surface area contributed by atoms with E-state index >= 15 is 0 Å². The van der Waals surface area contributed by atoms with E-state index in [4.69, 9.17) is 4.74 Å². The fourth-order valence-electron chi connectivity index (χ4n) is 1.39. The lowest BCUT2D eigenvalue weighted by atomic mass is 10.9. The van der Waals surface area contributed by atoms with Crippen LogP contribution in [0.4, 0.5) is 0 Å². The van der Waals surface area contributed by atoms with Gasteiger partial charge < -0.3 is 4.74 Å². The third kappa shape index (κ3) is 3.44. The quantitative estimate of drug-likeness (QED) is 0.455. The molecule has 0 aromatic heterocycles. The highest BCUT2D eigenvalue weighted by Crippen LogP contribution is 2.21. The van der Waals surface area contributed by atoms with Crippen molar-refractivity contribution < 1.29 is 4.74 Å². The first-order chi connectivity index (χ1) is 5.74. The van der Waals surface area contributed by atoms with Crippen LogP contribution < -0.4 is 0 Å². The average Bonchev–Trinajstić information content (AvgIpc) is 2.14. The average molecular weight is 186 g/mol. The van der Waals surface area contributed by atoms with Crippen LogP contribution in [-0.4, -0.2) is 14.7 Å². The lowest BCUT2D eigenvalue weighted by Gasteiger charge is -2.22. The Hall–Kier alpha value is -0.243. The van der Waals surface area contributed by atoms with E-state index in [-0.39, 0.29) is 0 Å². The van der Waals surface area contributed by atoms with Gasteiger partial charge in [-0.1, -0.05) is 44.6 Å². The summed E-state index contributed by atoms with van der Waals surface area (Å²) < 4.78 is 5.25. The molecule has 0 spiro atoms. The molecule has 0 unspecified atom stereocenters. The van der Waals surface area contributed by atoms with Crippen LogP contribution in [-0.2, 0) is 4.74 Å². The minimum Gasteiger partial charge on any atom is -0.502 e. The van der Waals surface area contributed by atoms with Gasteiger partial charge in [-0.3, -0.25) is 0 Å². The maximum absolute atomic E-state index is 5.25. The van der Waals surface area contributed by atoms with Gasteiger partial charge in [-0.25, -0.2) is 0 Å². The largest absolute Gasteiger partial charge is 0.502 e. The molecule has 0 aliphatic heterocycles. The highest BCUT2D eigenvalue weighted by molar-refractivity contribution is 6.84. The molecule has 0 aromatic carbocycles. The smallest absolute Gasteiger partial charge is 0.0844 e. The van der Waals surface area contributed by atoms with E-state index in [0.29, 0.717) is 0 Å². The summed E-state index contributed by atoms with van der Waals surface area (Å²) in [6, 6.07) is 4.01. The Kier molecular flexibility index (Phi) is 6.16. The van der Waals surface area contributed by atoms with E-state index in [1.165, 1.54) is 18.1 Å². The van der Waals surface area contributed by atoms with Gasteiger partial charge in [0.25, 0.3) is 0 Å². The number of ether oxygens (including phenoxy) is 1. The summed E-state index contributed by atoms with van der Waals surface area (Å²) in [7, 11) is -1.06. The Bertz CT molecular complexity index is 120. The van der Waals surface area contributed by atoms with Crippen molar-refractivity contribution in [1.82, 2.24) is 0 Å². The Morgan fingerprint density at radius 1 is 1.00 bits per heavy atom. The van der Waals surface area contributed by atoms with Gasteiger partial charge in [0.05, 0.1) is 20.9 Å². The molecule has 0 atom stereocenters. The lowest BCUT2D eigenvalue weighted by molar-refractivity contribution is 0.269. The summed E-state index contributed by atoms with van der Waals surface area (Å²) in [5.74, 6) is 0. The number of hydrogen-bond donors (Lipinski definition) is 0. The third-order valence-corrected chi connectivity index (χ3v) is 7.86. The van der Waals surface area contributed by atoms with Crippen molar-refractivity contribution in [3.8, 4) is 0 Å². The molecule has 0 aromatic rings. The maximum atomic E-state index is 5.25. The molecule has 0 N–H and O–H groups in total. The number of hydrogen-bond acceptors (Lipinski definition) is 1. The van der Waals surface area contributed by atoms with E-state index in [0.717, 1.165) is 6.61 Å². The number of rotatable bonds is 6. The predicted octanol–water partition coefficient (Wildman–Crippen LogP) is 3.58. The summed E-state index contributed by atoms with van der Waals surface area (Å²) in [4.78, 5) is 0. The van der Waals surface area contributed by atoms with Crippen molar-refractivity contribution in [3.63, 3.8) is 0 Å². The Morgan fingerprint density at radius 3 is 1.83 bits per heavy atom. The molecule has 0 rings (SSSR count). The maximum Gasteiger partial charge on any atom is 0.0844 e.